The predicted molar refractivity (Wildman–Crippen MR) is 238 cm³/mol. The van der Waals surface area contributed by atoms with E-state index in [2.05, 4.69) is 51.4 Å². The van der Waals surface area contributed by atoms with Gasteiger partial charge >= 0.3 is 0 Å². The number of phenols is 1. The van der Waals surface area contributed by atoms with Crippen LogP contribution >= 0.6 is 11.3 Å². The van der Waals surface area contributed by atoms with Crippen molar-refractivity contribution in [3.05, 3.63) is 95.0 Å². The van der Waals surface area contributed by atoms with Gasteiger partial charge in [-0.15, -0.1) is 21.5 Å². The molecule has 0 saturated carbocycles. The topological polar surface area (TPSA) is 180 Å². The number of aromatic nitrogens is 5. The molecule has 7 heterocycles. The quantitative estimate of drug-likeness (QED) is 0.120. The number of aromatic amines is 1. The molecule has 9 rings (SSSR count). The summed E-state index contributed by atoms with van der Waals surface area (Å²) >= 11 is 1.60. The van der Waals surface area contributed by atoms with Crippen molar-refractivity contribution in [3.63, 3.8) is 0 Å². The molecule has 324 valence electrons. The lowest BCUT2D eigenvalue weighted by Gasteiger charge is -2.41. The van der Waals surface area contributed by atoms with Crippen LogP contribution in [0.25, 0.3) is 32.7 Å². The summed E-state index contributed by atoms with van der Waals surface area (Å²) < 4.78 is 5.98. The van der Waals surface area contributed by atoms with Crippen molar-refractivity contribution in [2.75, 3.05) is 63.8 Å². The Labute approximate surface area is 364 Å². The minimum atomic E-state index is -1.11. The molecule has 0 bridgehead atoms. The van der Waals surface area contributed by atoms with Gasteiger partial charge in [-0.05, 0) is 55.2 Å². The molecule has 3 atom stereocenters. The number of para-hydroxylation sites is 1. The highest BCUT2D eigenvalue weighted by atomic mass is 32.1. The number of nitrogens with zero attached hydrogens (tertiary/aromatic N) is 8. The monoisotopic (exact) mass is 858 g/mol. The Morgan fingerprint density at radius 3 is 2.47 bits per heavy atom. The predicted octanol–water partition coefficient (Wildman–Crippen LogP) is 5.16. The number of carbonyl (C=O) groups excluding carboxylic acids is 2. The Balaban J connectivity index is 0.759. The summed E-state index contributed by atoms with van der Waals surface area (Å²) in [6.45, 7) is 15.4. The number of H-pyrrole nitrogens is 1. The van der Waals surface area contributed by atoms with Crippen molar-refractivity contribution in [1.82, 2.24) is 45.3 Å². The number of thiazole rings is 1. The summed E-state index contributed by atoms with van der Waals surface area (Å²) in [7, 11) is 0. The van der Waals surface area contributed by atoms with Crippen LogP contribution in [0.1, 0.15) is 55.8 Å². The maximum absolute atomic E-state index is 14.5. The van der Waals surface area contributed by atoms with Gasteiger partial charge < -0.3 is 39.7 Å². The number of aliphatic hydroxyl groups is 1. The molecule has 2 aromatic carbocycles. The summed E-state index contributed by atoms with van der Waals surface area (Å²) in [6, 6.07) is 20.4. The molecule has 16 heteroatoms. The van der Waals surface area contributed by atoms with Crippen molar-refractivity contribution >= 4 is 40.0 Å². The highest BCUT2D eigenvalue weighted by molar-refractivity contribution is 7.13. The van der Waals surface area contributed by atoms with Crippen LogP contribution in [0.4, 0.5) is 5.82 Å². The molecule has 3 aliphatic heterocycles. The first-order chi connectivity index (χ1) is 29.9. The van der Waals surface area contributed by atoms with Crippen LogP contribution in [-0.2, 0) is 21.5 Å². The number of benzene rings is 2. The standard InChI is InChI=1S/C46H54N10O5S/c1-28(2)46(4,45(60)56-26-34(57)21-38(56)44(59)47-23-30-9-11-31(12-10-30)42-29(3)48-27-62-42)40-22-41(52-61-40)55-17-15-53(16-18-55)13-14-54-24-33(25-54)36-19-32-20-37(50-51-43(32)49-36)35-7-5-6-8-39(35)58/h5-12,19-20,22,27-28,33-34,38,57-58H,13-18,21,23-26H2,1-4H3,(H,47,59)(H,49,51)/t34-,38+,46-/m1/s1. The van der Waals surface area contributed by atoms with Crippen molar-refractivity contribution in [2.45, 2.75) is 64.1 Å². The number of fused-ring (bicyclic) bond motifs is 1. The fraction of sp³-hybridized carbons (Fsp3) is 0.435. The van der Waals surface area contributed by atoms with Gasteiger partial charge in [0.1, 0.15) is 17.2 Å². The fourth-order valence-corrected chi connectivity index (χ4v) is 9.78. The van der Waals surface area contributed by atoms with E-state index in [1.54, 1.807) is 23.5 Å². The summed E-state index contributed by atoms with van der Waals surface area (Å²) in [5, 5.41) is 38.2. The second-order valence-electron chi connectivity index (χ2n) is 17.5. The van der Waals surface area contributed by atoms with Crippen LogP contribution in [0.3, 0.4) is 0 Å². The van der Waals surface area contributed by atoms with E-state index in [9.17, 15) is 19.8 Å². The van der Waals surface area contributed by atoms with Gasteiger partial charge in [-0.3, -0.25) is 14.5 Å². The number of hydrogen-bond acceptors (Lipinski definition) is 13. The van der Waals surface area contributed by atoms with Gasteiger partial charge in [0.25, 0.3) is 0 Å². The minimum Gasteiger partial charge on any atom is -0.507 e. The number of hydrogen-bond donors (Lipinski definition) is 4. The Kier molecular flexibility index (Phi) is 11.6. The normalized spacial score (nSPS) is 19.9. The molecule has 4 aromatic heterocycles. The molecule has 62 heavy (non-hydrogen) atoms. The van der Waals surface area contributed by atoms with Crippen molar-refractivity contribution < 1.29 is 24.3 Å². The number of aryl methyl sites for hydroxylation is 1. The van der Waals surface area contributed by atoms with Gasteiger partial charge in [-0.1, -0.05) is 55.4 Å². The molecule has 3 aliphatic rings. The maximum atomic E-state index is 14.5. The zero-order chi connectivity index (χ0) is 43.1. The lowest BCUT2D eigenvalue weighted by atomic mass is 9.75. The lowest BCUT2D eigenvalue weighted by molar-refractivity contribution is -0.145. The Hall–Kier alpha value is -5.68. The first-order valence-electron chi connectivity index (χ1n) is 21.5. The molecule has 3 fully saturated rings. The molecule has 0 radical (unpaired) electrons. The van der Waals surface area contributed by atoms with Crippen molar-refractivity contribution in [3.8, 4) is 27.4 Å². The summed E-state index contributed by atoms with van der Waals surface area (Å²) in [4.78, 5) is 45.8. The van der Waals surface area contributed by atoms with Gasteiger partial charge in [0, 0.05) is 100 Å². The molecule has 15 nitrogen and oxygen atoms in total. The van der Waals surface area contributed by atoms with E-state index in [4.69, 9.17) is 4.52 Å². The van der Waals surface area contributed by atoms with Crippen LogP contribution in [-0.4, -0.2) is 133 Å². The van der Waals surface area contributed by atoms with E-state index < -0.39 is 17.6 Å². The Morgan fingerprint density at radius 2 is 1.74 bits per heavy atom. The largest absolute Gasteiger partial charge is 0.507 e. The molecular formula is C46H54N10O5S. The number of rotatable bonds is 13. The fourth-order valence-electron chi connectivity index (χ4n) is 8.97. The number of aromatic hydroxyl groups is 1. The number of β-amino-alcohol motifs (C(OH)–C–C–N with tert-alkyl or cyclic N) is 1. The molecular weight excluding hydrogens is 805 g/mol. The number of likely N-dealkylation sites (tertiary alicyclic amines) is 2. The smallest absolute Gasteiger partial charge is 0.243 e. The molecule has 0 unspecified atom stereocenters. The molecule has 0 spiro atoms. The zero-order valence-corrected chi connectivity index (χ0v) is 36.4. The lowest BCUT2D eigenvalue weighted by Crippen LogP contribution is -2.53. The van der Waals surface area contributed by atoms with E-state index >= 15 is 0 Å². The third-order valence-electron chi connectivity index (χ3n) is 13.3. The van der Waals surface area contributed by atoms with Gasteiger partial charge in [-0.25, -0.2) is 4.98 Å². The van der Waals surface area contributed by atoms with Crippen LogP contribution in [0.2, 0.25) is 0 Å². The molecule has 3 saturated heterocycles. The average molecular weight is 859 g/mol. The second-order valence-corrected chi connectivity index (χ2v) is 18.4. The number of nitrogens with one attached hydrogen (secondary N) is 2. The average Bonchev–Trinajstić information content (AvgIpc) is 4.09. The van der Waals surface area contributed by atoms with Crippen LogP contribution in [0.5, 0.6) is 5.75 Å². The third-order valence-corrected chi connectivity index (χ3v) is 14.3. The van der Waals surface area contributed by atoms with Crippen molar-refractivity contribution in [2.24, 2.45) is 5.92 Å². The molecule has 2 amide bonds. The number of phenolic OH excluding ortho intramolecular Hbond substituents is 1. The summed E-state index contributed by atoms with van der Waals surface area (Å²) in [5.41, 5.74) is 6.97. The number of piperazine rings is 1. The Bertz CT molecular complexity index is 2540. The van der Waals surface area contributed by atoms with Gasteiger partial charge in [0.05, 0.1) is 27.9 Å². The second kappa shape index (κ2) is 17.2. The molecule has 4 N–H and O–H groups in total. The number of amides is 2. The van der Waals surface area contributed by atoms with E-state index in [0.29, 0.717) is 35.3 Å². The number of aliphatic hydroxyl groups excluding tert-OH is 1. The first-order valence-corrected chi connectivity index (χ1v) is 22.4. The van der Waals surface area contributed by atoms with Gasteiger partial charge in [0.15, 0.2) is 17.2 Å². The van der Waals surface area contributed by atoms with Crippen molar-refractivity contribution in [1.29, 1.82) is 0 Å². The van der Waals surface area contributed by atoms with Gasteiger partial charge in [0.2, 0.25) is 11.8 Å². The minimum absolute atomic E-state index is 0.0735. The van der Waals surface area contributed by atoms with Crippen LogP contribution < -0.4 is 10.2 Å². The molecule has 0 aliphatic carbocycles. The number of anilines is 1. The van der Waals surface area contributed by atoms with Crippen LogP contribution in [0, 0.1) is 12.8 Å². The highest BCUT2D eigenvalue weighted by Crippen LogP contribution is 2.39. The SMILES string of the molecule is Cc1ncsc1-c1ccc(CNC(=O)[C@@H]2C[C@@H](O)CN2C(=O)[C@@](C)(c2cc(N3CCN(CCN4CC(c5cc6cc(-c7ccccc7O)nnc6[nH]5)C4)CC3)no2)C(C)C)cc1. The van der Waals surface area contributed by atoms with Gasteiger partial charge in [-0.2, -0.15) is 0 Å². The molecule has 6 aromatic rings. The summed E-state index contributed by atoms with van der Waals surface area (Å²) in [6.07, 6.45) is -0.637. The van der Waals surface area contributed by atoms with E-state index in [-0.39, 0.29) is 36.4 Å². The zero-order valence-electron chi connectivity index (χ0n) is 35.6. The van der Waals surface area contributed by atoms with E-state index in [1.165, 1.54) is 4.90 Å². The van der Waals surface area contributed by atoms with Crippen LogP contribution in [0.15, 0.2) is 76.8 Å². The Morgan fingerprint density at radius 1 is 0.984 bits per heavy atom. The third kappa shape index (κ3) is 8.19. The maximum Gasteiger partial charge on any atom is 0.243 e. The highest BCUT2D eigenvalue weighted by Gasteiger charge is 2.50. The van der Waals surface area contributed by atoms with E-state index in [1.807, 2.05) is 81.7 Å². The summed E-state index contributed by atoms with van der Waals surface area (Å²) in [5.74, 6) is 1.03. The number of carbonyl (C=O) groups is 2. The first kappa shape index (κ1) is 41.7. The van der Waals surface area contributed by atoms with E-state index in [0.717, 1.165) is 90.8 Å².